The Kier molecular flexibility index (Phi) is 3.62. The topological polar surface area (TPSA) is 75.4 Å². The van der Waals surface area contributed by atoms with Gasteiger partial charge in [0.1, 0.15) is 5.69 Å². The first kappa shape index (κ1) is 12.6. The van der Waals surface area contributed by atoms with Crippen molar-refractivity contribution in [2.45, 2.75) is 20.3 Å². The summed E-state index contributed by atoms with van der Waals surface area (Å²) in [6.07, 6.45) is 0.162. The van der Waals surface area contributed by atoms with E-state index in [-0.39, 0.29) is 25.5 Å². The molecule has 0 bridgehead atoms. The van der Waals surface area contributed by atoms with Crippen molar-refractivity contribution >= 4 is 16.9 Å². The largest absolute Gasteiger partial charge is 0.395 e. The fourth-order valence-electron chi connectivity index (χ4n) is 1.78. The highest BCUT2D eigenvalue weighted by Crippen LogP contribution is 2.22. The summed E-state index contributed by atoms with van der Waals surface area (Å²) in [5.74, 6) is -0.169. The number of carbonyl (C=O) groups excluding carboxylic acids is 1. The minimum Gasteiger partial charge on any atom is -0.395 e. The monoisotopic (exact) mass is 248 g/mol. The van der Waals surface area contributed by atoms with E-state index in [1.807, 2.05) is 26.0 Å². The van der Waals surface area contributed by atoms with Gasteiger partial charge in [-0.3, -0.25) is 4.79 Å². The van der Waals surface area contributed by atoms with Crippen LogP contribution in [0.2, 0.25) is 0 Å². The molecule has 5 nitrogen and oxygen atoms in total. The molecule has 1 heterocycles. The Labute approximate surface area is 105 Å². The van der Waals surface area contributed by atoms with Gasteiger partial charge in [-0.25, -0.2) is 0 Å². The molecule has 0 atom stereocenters. The van der Waals surface area contributed by atoms with E-state index in [0.29, 0.717) is 11.3 Å². The molecule has 0 fully saturated rings. The zero-order valence-corrected chi connectivity index (χ0v) is 10.5. The quantitative estimate of drug-likeness (QED) is 0.849. The van der Waals surface area contributed by atoms with Gasteiger partial charge in [-0.1, -0.05) is 5.16 Å². The molecular formula is C13H16N2O3. The fraction of sp³-hybridized carbons (Fsp3) is 0.385. The van der Waals surface area contributed by atoms with Crippen molar-refractivity contribution in [2.75, 3.05) is 13.2 Å². The number of amides is 1. The van der Waals surface area contributed by atoms with Crippen LogP contribution >= 0.6 is 0 Å². The molecule has 0 aliphatic rings. The first-order chi connectivity index (χ1) is 8.61. The molecule has 0 aliphatic carbocycles. The molecule has 1 amide bonds. The maximum absolute atomic E-state index is 11.6. The molecule has 2 rings (SSSR count). The molecule has 5 heteroatoms. The molecule has 0 saturated heterocycles. The van der Waals surface area contributed by atoms with Crippen molar-refractivity contribution in [3.8, 4) is 0 Å². The van der Waals surface area contributed by atoms with Crippen LogP contribution in [-0.2, 0) is 11.2 Å². The summed E-state index contributed by atoms with van der Waals surface area (Å²) in [5, 5.41) is 16.0. The molecule has 0 radical (unpaired) electrons. The van der Waals surface area contributed by atoms with Crippen LogP contribution in [0, 0.1) is 13.8 Å². The highest BCUT2D eigenvalue weighted by atomic mass is 16.5. The first-order valence-corrected chi connectivity index (χ1v) is 5.85. The van der Waals surface area contributed by atoms with E-state index in [1.54, 1.807) is 0 Å². The van der Waals surface area contributed by atoms with Crippen LogP contribution in [0.15, 0.2) is 16.7 Å². The van der Waals surface area contributed by atoms with Crippen LogP contribution in [0.4, 0.5) is 0 Å². The SMILES string of the molecule is Cc1cc2onc(CC(=O)NCCO)c2cc1C. The predicted molar refractivity (Wildman–Crippen MR) is 67.3 cm³/mol. The minimum absolute atomic E-state index is 0.0659. The summed E-state index contributed by atoms with van der Waals surface area (Å²) < 4.78 is 5.21. The third-order valence-electron chi connectivity index (χ3n) is 2.92. The Morgan fingerprint density at radius 2 is 2.11 bits per heavy atom. The minimum atomic E-state index is -0.169. The summed E-state index contributed by atoms with van der Waals surface area (Å²) in [6.45, 7) is 4.21. The number of fused-ring (bicyclic) bond motifs is 1. The van der Waals surface area contributed by atoms with E-state index < -0.39 is 0 Å². The third-order valence-corrected chi connectivity index (χ3v) is 2.92. The van der Waals surface area contributed by atoms with Crippen LogP contribution in [0.1, 0.15) is 16.8 Å². The number of aliphatic hydroxyl groups excluding tert-OH is 1. The molecule has 0 spiro atoms. The van der Waals surface area contributed by atoms with Crippen LogP contribution in [0.25, 0.3) is 11.0 Å². The molecule has 18 heavy (non-hydrogen) atoms. The van der Waals surface area contributed by atoms with Gasteiger partial charge in [0.25, 0.3) is 0 Å². The third kappa shape index (κ3) is 2.51. The molecule has 0 unspecified atom stereocenters. The molecular weight excluding hydrogens is 232 g/mol. The first-order valence-electron chi connectivity index (χ1n) is 5.85. The van der Waals surface area contributed by atoms with Gasteiger partial charge in [0.2, 0.25) is 5.91 Å². The Morgan fingerprint density at radius 1 is 1.39 bits per heavy atom. The van der Waals surface area contributed by atoms with Crippen LogP contribution in [-0.4, -0.2) is 29.3 Å². The smallest absolute Gasteiger partial charge is 0.226 e. The molecule has 1 aromatic heterocycles. The van der Waals surface area contributed by atoms with Gasteiger partial charge in [-0.2, -0.15) is 0 Å². The van der Waals surface area contributed by atoms with Crippen LogP contribution in [0.5, 0.6) is 0 Å². The summed E-state index contributed by atoms with van der Waals surface area (Å²) in [7, 11) is 0. The summed E-state index contributed by atoms with van der Waals surface area (Å²) in [5.41, 5.74) is 3.60. The fourth-order valence-corrected chi connectivity index (χ4v) is 1.78. The van der Waals surface area contributed by atoms with Crippen molar-refractivity contribution in [2.24, 2.45) is 0 Å². The Bertz CT molecular complexity index is 575. The number of aliphatic hydroxyl groups is 1. The van der Waals surface area contributed by atoms with E-state index in [0.717, 1.165) is 16.5 Å². The zero-order valence-electron chi connectivity index (χ0n) is 10.5. The summed E-state index contributed by atoms with van der Waals surface area (Å²) in [6, 6.07) is 3.91. The molecule has 96 valence electrons. The van der Waals surface area contributed by atoms with Crippen molar-refractivity contribution in [1.29, 1.82) is 0 Å². The number of benzene rings is 1. The predicted octanol–water partition coefficient (Wildman–Crippen LogP) is 1.10. The number of rotatable bonds is 4. The van der Waals surface area contributed by atoms with Crippen LogP contribution in [0.3, 0.4) is 0 Å². The van der Waals surface area contributed by atoms with Gasteiger partial charge in [0, 0.05) is 11.9 Å². The van der Waals surface area contributed by atoms with E-state index in [1.165, 1.54) is 0 Å². The average molecular weight is 248 g/mol. The van der Waals surface area contributed by atoms with E-state index in [9.17, 15) is 4.79 Å². The van der Waals surface area contributed by atoms with Crippen molar-refractivity contribution in [3.63, 3.8) is 0 Å². The number of nitrogens with zero attached hydrogens (tertiary/aromatic N) is 1. The van der Waals surface area contributed by atoms with Crippen molar-refractivity contribution < 1.29 is 14.4 Å². The van der Waals surface area contributed by atoms with Gasteiger partial charge in [-0.15, -0.1) is 0 Å². The van der Waals surface area contributed by atoms with Crippen LogP contribution < -0.4 is 5.32 Å². The number of nitrogens with one attached hydrogen (secondary N) is 1. The number of aromatic nitrogens is 1. The molecule has 0 saturated carbocycles. The van der Waals surface area contributed by atoms with Gasteiger partial charge in [0.15, 0.2) is 5.58 Å². The van der Waals surface area contributed by atoms with Crippen molar-refractivity contribution in [3.05, 3.63) is 29.0 Å². The second kappa shape index (κ2) is 5.18. The van der Waals surface area contributed by atoms with Crippen molar-refractivity contribution in [1.82, 2.24) is 10.5 Å². The van der Waals surface area contributed by atoms with E-state index in [4.69, 9.17) is 9.63 Å². The lowest BCUT2D eigenvalue weighted by atomic mass is 10.1. The lowest BCUT2D eigenvalue weighted by Crippen LogP contribution is -2.27. The zero-order chi connectivity index (χ0) is 13.1. The maximum atomic E-state index is 11.6. The molecule has 0 aliphatic heterocycles. The highest BCUT2D eigenvalue weighted by molar-refractivity contribution is 5.87. The Hall–Kier alpha value is -1.88. The molecule has 2 N–H and O–H groups in total. The van der Waals surface area contributed by atoms with Gasteiger partial charge < -0.3 is 14.9 Å². The highest BCUT2D eigenvalue weighted by Gasteiger charge is 2.13. The van der Waals surface area contributed by atoms with Gasteiger partial charge in [0.05, 0.1) is 13.0 Å². The summed E-state index contributed by atoms with van der Waals surface area (Å²) >= 11 is 0. The van der Waals surface area contributed by atoms with E-state index in [2.05, 4.69) is 10.5 Å². The number of hydrogen-bond donors (Lipinski definition) is 2. The number of aryl methyl sites for hydroxylation is 2. The molecule has 1 aromatic carbocycles. The normalized spacial score (nSPS) is 10.8. The second-order valence-corrected chi connectivity index (χ2v) is 4.31. The summed E-state index contributed by atoms with van der Waals surface area (Å²) in [4.78, 5) is 11.6. The lowest BCUT2D eigenvalue weighted by molar-refractivity contribution is -0.120. The standard InChI is InChI=1S/C13H16N2O3/c1-8-5-10-11(7-13(17)14-3-4-16)15-18-12(10)6-9(8)2/h5-6,16H,3-4,7H2,1-2H3,(H,14,17). The Balaban J connectivity index is 2.24. The Morgan fingerprint density at radius 3 is 2.83 bits per heavy atom. The molecule has 2 aromatic rings. The lowest BCUT2D eigenvalue weighted by Gasteiger charge is -2.01. The maximum Gasteiger partial charge on any atom is 0.226 e. The van der Waals surface area contributed by atoms with Gasteiger partial charge >= 0.3 is 0 Å². The second-order valence-electron chi connectivity index (χ2n) is 4.31. The number of hydrogen-bond acceptors (Lipinski definition) is 4. The van der Waals surface area contributed by atoms with Gasteiger partial charge in [-0.05, 0) is 37.1 Å². The number of carbonyl (C=O) groups is 1. The average Bonchev–Trinajstić information content (AvgIpc) is 2.70. The van der Waals surface area contributed by atoms with E-state index >= 15 is 0 Å².